The largest absolute Gasteiger partial charge is 0.359 e. The van der Waals surface area contributed by atoms with Crippen molar-refractivity contribution in [2.75, 3.05) is 5.32 Å². The number of hydrogen-bond acceptors (Lipinski definition) is 3. The van der Waals surface area contributed by atoms with Gasteiger partial charge in [-0.1, -0.05) is 0 Å². The third kappa shape index (κ3) is 1.40. The van der Waals surface area contributed by atoms with Crippen LogP contribution in [0.5, 0.6) is 0 Å². The molecule has 0 unspecified atom stereocenters. The van der Waals surface area contributed by atoms with Gasteiger partial charge in [0.15, 0.2) is 0 Å². The quantitative estimate of drug-likeness (QED) is 0.614. The monoisotopic (exact) mass is 261 g/mol. The van der Waals surface area contributed by atoms with Crippen LogP contribution in [0.3, 0.4) is 0 Å². The number of fused-ring (bicyclic) bond motifs is 5. The Morgan fingerprint density at radius 1 is 0.850 bits per heavy atom. The zero-order valence-corrected chi connectivity index (χ0v) is 11.8. The number of aryl methyl sites for hydroxylation is 1. The van der Waals surface area contributed by atoms with E-state index >= 15 is 0 Å². The number of rotatable bonds is 0. The van der Waals surface area contributed by atoms with Crippen molar-refractivity contribution in [2.24, 2.45) is 0 Å². The molecule has 98 valence electrons. The minimum atomic E-state index is 0.949. The molecule has 2 bridgehead atoms. The van der Waals surface area contributed by atoms with Crippen LogP contribution >= 0.6 is 0 Å². The van der Waals surface area contributed by atoms with Gasteiger partial charge in [0.05, 0.1) is 11.0 Å². The van der Waals surface area contributed by atoms with Gasteiger partial charge in [0, 0.05) is 23.8 Å². The molecule has 1 aliphatic heterocycles. The van der Waals surface area contributed by atoms with Crippen LogP contribution in [0.2, 0.25) is 0 Å². The van der Waals surface area contributed by atoms with Gasteiger partial charge in [-0.25, -0.2) is 0 Å². The third-order valence-corrected chi connectivity index (χ3v) is 4.28. The van der Waals surface area contributed by atoms with Crippen LogP contribution in [0.4, 0.5) is 5.69 Å². The maximum Gasteiger partial charge on any atom is 0.0893 e. The van der Waals surface area contributed by atoms with E-state index < -0.39 is 0 Å². The summed E-state index contributed by atoms with van der Waals surface area (Å²) in [6, 6.07) is 6.55. The predicted molar refractivity (Wildman–Crippen MR) is 83.7 cm³/mol. The van der Waals surface area contributed by atoms with E-state index in [9.17, 15) is 0 Å². The third-order valence-electron chi connectivity index (χ3n) is 4.28. The van der Waals surface area contributed by atoms with Gasteiger partial charge in [0.2, 0.25) is 0 Å². The van der Waals surface area contributed by atoms with Crippen molar-refractivity contribution in [3.63, 3.8) is 0 Å². The van der Waals surface area contributed by atoms with Crippen LogP contribution in [-0.4, -0.2) is 9.97 Å². The highest BCUT2D eigenvalue weighted by atomic mass is 14.9. The second-order valence-corrected chi connectivity index (χ2v) is 5.41. The van der Waals surface area contributed by atoms with Crippen LogP contribution in [-0.2, 0) is 0 Å². The average Bonchev–Trinajstić information content (AvgIpc) is 2.47. The van der Waals surface area contributed by atoms with Crippen molar-refractivity contribution in [2.45, 2.75) is 20.8 Å². The number of nitrogens with one attached hydrogen (secondary N) is 1. The van der Waals surface area contributed by atoms with Crippen molar-refractivity contribution in [1.82, 2.24) is 9.97 Å². The van der Waals surface area contributed by atoms with E-state index in [0.29, 0.717) is 0 Å². The number of hydrogen-bond donors (Lipinski definition) is 1. The molecule has 3 heteroatoms. The molecule has 0 saturated carbocycles. The lowest BCUT2D eigenvalue weighted by Crippen LogP contribution is -2.07. The summed E-state index contributed by atoms with van der Waals surface area (Å²) in [5, 5.41) is 6.00. The highest BCUT2D eigenvalue weighted by Gasteiger charge is 2.17. The fourth-order valence-corrected chi connectivity index (χ4v) is 2.96. The first-order valence-corrected chi connectivity index (χ1v) is 6.78. The van der Waals surface area contributed by atoms with E-state index in [1.807, 2.05) is 0 Å². The van der Waals surface area contributed by atoms with Crippen molar-refractivity contribution in [3.05, 3.63) is 47.4 Å². The van der Waals surface area contributed by atoms with Crippen molar-refractivity contribution in [1.29, 1.82) is 0 Å². The Labute approximate surface area is 117 Å². The smallest absolute Gasteiger partial charge is 0.0893 e. The molecule has 0 radical (unpaired) electrons. The number of aromatic nitrogens is 2. The van der Waals surface area contributed by atoms with Crippen LogP contribution in [0.25, 0.3) is 27.4 Å². The second-order valence-electron chi connectivity index (χ2n) is 5.41. The summed E-state index contributed by atoms with van der Waals surface area (Å²) in [5.41, 5.74) is 8.18. The van der Waals surface area contributed by atoms with Crippen LogP contribution < -0.4 is 5.32 Å². The molecular weight excluding hydrogens is 246 g/mol. The molecular formula is C17H15N3. The summed E-state index contributed by atoms with van der Waals surface area (Å²) in [7, 11) is 0. The lowest BCUT2D eigenvalue weighted by molar-refractivity contribution is 1.29. The lowest BCUT2D eigenvalue weighted by atomic mass is 9.91. The molecule has 4 rings (SSSR count). The standard InChI is InChI=1S/C17H15N3/c1-9-11(3)20-15-6-12(9)14-8-17-16(18-4-5-19-17)7-13(14)10(15)2/h4-8,20H,1-3H3. The summed E-state index contributed by atoms with van der Waals surface area (Å²) >= 11 is 0. The fraction of sp³-hybridized carbons (Fsp3) is 0.176. The first kappa shape index (κ1) is 11.4. The van der Waals surface area contributed by atoms with Gasteiger partial charge in [0.1, 0.15) is 0 Å². The molecule has 0 atom stereocenters. The molecule has 0 saturated heterocycles. The van der Waals surface area contributed by atoms with E-state index in [1.54, 1.807) is 12.4 Å². The second kappa shape index (κ2) is 3.79. The molecule has 20 heavy (non-hydrogen) atoms. The minimum absolute atomic E-state index is 0.949. The zero-order valence-electron chi connectivity index (χ0n) is 11.8. The van der Waals surface area contributed by atoms with E-state index in [0.717, 1.165) is 11.0 Å². The number of allylic oxidation sites excluding steroid dienone is 2. The van der Waals surface area contributed by atoms with Gasteiger partial charge in [-0.15, -0.1) is 0 Å². The fourth-order valence-electron chi connectivity index (χ4n) is 2.96. The molecule has 0 aliphatic carbocycles. The Morgan fingerprint density at radius 2 is 1.50 bits per heavy atom. The summed E-state index contributed by atoms with van der Waals surface area (Å²) < 4.78 is 0. The lowest BCUT2D eigenvalue weighted by Gasteiger charge is -2.23. The molecule has 0 fully saturated rings. The highest BCUT2D eigenvalue weighted by Crippen LogP contribution is 2.39. The number of nitrogens with zero attached hydrogens (tertiary/aromatic N) is 2. The molecule has 0 spiro atoms. The van der Waals surface area contributed by atoms with Crippen molar-refractivity contribution >= 4 is 33.1 Å². The SMILES string of the molecule is CC1=C(C)c2cc(c(C)c3cc4nccnc4cc23)N1. The van der Waals surface area contributed by atoms with E-state index in [4.69, 9.17) is 0 Å². The molecule has 1 N–H and O–H groups in total. The summed E-state index contributed by atoms with van der Waals surface area (Å²) in [6.07, 6.45) is 3.49. The van der Waals surface area contributed by atoms with E-state index in [-0.39, 0.29) is 0 Å². The van der Waals surface area contributed by atoms with Gasteiger partial charge < -0.3 is 5.32 Å². The zero-order chi connectivity index (χ0) is 13.9. The molecule has 1 aromatic heterocycles. The van der Waals surface area contributed by atoms with Gasteiger partial charge in [0.25, 0.3) is 0 Å². The van der Waals surface area contributed by atoms with Crippen molar-refractivity contribution in [3.8, 4) is 0 Å². The van der Waals surface area contributed by atoms with E-state index in [1.165, 1.54) is 38.9 Å². The van der Waals surface area contributed by atoms with Crippen LogP contribution in [0.1, 0.15) is 25.0 Å². The predicted octanol–water partition coefficient (Wildman–Crippen LogP) is 4.27. The Kier molecular flexibility index (Phi) is 2.16. The molecule has 2 heterocycles. The summed E-state index contributed by atoms with van der Waals surface area (Å²) in [4.78, 5) is 8.84. The summed E-state index contributed by atoms with van der Waals surface area (Å²) in [5.74, 6) is 0. The Balaban J connectivity index is 2.23. The summed E-state index contributed by atoms with van der Waals surface area (Å²) in [6.45, 7) is 6.45. The maximum atomic E-state index is 4.43. The first-order chi connectivity index (χ1) is 9.65. The van der Waals surface area contributed by atoms with Gasteiger partial charge in [-0.2, -0.15) is 0 Å². The van der Waals surface area contributed by atoms with Gasteiger partial charge >= 0.3 is 0 Å². The van der Waals surface area contributed by atoms with Gasteiger partial charge in [-0.05, 0) is 66.4 Å². The van der Waals surface area contributed by atoms with E-state index in [2.05, 4.69) is 54.3 Å². The Morgan fingerprint density at radius 3 is 2.20 bits per heavy atom. The maximum absolute atomic E-state index is 4.43. The average molecular weight is 261 g/mol. The molecule has 1 aliphatic rings. The molecule has 3 nitrogen and oxygen atoms in total. The topological polar surface area (TPSA) is 37.8 Å². The van der Waals surface area contributed by atoms with Crippen molar-refractivity contribution < 1.29 is 0 Å². The normalized spacial score (nSPS) is 13.9. The minimum Gasteiger partial charge on any atom is -0.359 e. The number of anilines is 1. The van der Waals surface area contributed by atoms with Crippen LogP contribution in [0, 0.1) is 6.92 Å². The molecule has 2 aromatic carbocycles. The highest BCUT2D eigenvalue weighted by molar-refractivity contribution is 6.06. The molecule has 3 aromatic rings. The van der Waals surface area contributed by atoms with Gasteiger partial charge in [-0.3, -0.25) is 9.97 Å². The molecule has 0 amide bonds. The number of benzene rings is 2. The first-order valence-electron chi connectivity index (χ1n) is 6.78. The Hall–Kier alpha value is -2.42. The van der Waals surface area contributed by atoms with Crippen LogP contribution in [0.15, 0.2) is 36.3 Å². The Bertz CT molecular complexity index is 907.